The predicted octanol–water partition coefficient (Wildman–Crippen LogP) is 2.62. The van der Waals surface area contributed by atoms with E-state index < -0.39 is 0 Å². The minimum absolute atomic E-state index is 0.0944. The van der Waals surface area contributed by atoms with E-state index in [0.29, 0.717) is 0 Å². The summed E-state index contributed by atoms with van der Waals surface area (Å²) in [5.41, 5.74) is 0.834. The SMILES string of the molecule is CC(NCCCN1CCCCC1)c1ccc(O)cc1O. The van der Waals surface area contributed by atoms with Gasteiger partial charge in [0.15, 0.2) is 0 Å². The van der Waals surface area contributed by atoms with Crippen molar-refractivity contribution in [3.63, 3.8) is 0 Å². The lowest BCUT2D eigenvalue weighted by Gasteiger charge is -2.26. The van der Waals surface area contributed by atoms with Crippen molar-refractivity contribution in [3.8, 4) is 11.5 Å². The third kappa shape index (κ3) is 4.39. The average molecular weight is 278 g/mol. The van der Waals surface area contributed by atoms with Gasteiger partial charge in [-0.15, -0.1) is 0 Å². The Kier molecular flexibility index (Phi) is 5.68. The van der Waals surface area contributed by atoms with Gasteiger partial charge in [0.25, 0.3) is 0 Å². The van der Waals surface area contributed by atoms with E-state index in [9.17, 15) is 10.2 Å². The van der Waals surface area contributed by atoms with Gasteiger partial charge in [-0.3, -0.25) is 0 Å². The van der Waals surface area contributed by atoms with Crippen LogP contribution in [0.15, 0.2) is 18.2 Å². The fourth-order valence-electron chi connectivity index (χ4n) is 2.81. The molecule has 0 amide bonds. The molecular weight excluding hydrogens is 252 g/mol. The molecule has 0 spiro atoms. The second kappa shape index (κ2) is 7.50. The number of likely N-dealkylation sites (tertiary alicyclic amines) is 1. The van der Waals surface area contributed by atoms with Crippen LogP contribution in [0.3, 0.4) is 0 Å². The summed E-state index contributed by atoms with van der Waals surface area (Å²) >= 11 is 0. The summed E-state index contributed by atoms with van der Waals surface area (Å²) in [4.78, 5) is 2.54. The lowest BCUT2D eigenvalue weighted by Crippen LogP contribution is -2.32. The number of benzene rings is 1. The normalized spacial score (nSPS) is 18.1. The third-order valence-corrected chi connectivity index (χ3v) is 4.03. The first kappa shape index (κ1) is 15.1. The number of phenols is 2. The van der Waals surface area contributed by atoms with E-state index in [-0.39, 0.29) is 17.5 Å². The molecule has 1 aliphatic rings. The maximum atomic E-state index is 9.81. The maximum Gasteiger partial charge on any atom is 0.124 e. The van der Waals surface area contributed by atoms with Gasteiger partial charge in [0, 0.05) is 17.7 Å². The van der Waals surface area contributed by atoms with Gasteiger partial charge in [0.05, 0.1) is 0 Å². The summed E-state index contributed by atoms with van der Waals surface area (Å²) in [5, 5.41) is 22.5. The van der Waals surface area contributed by atoms with Gasteiger partial charge in [-0.25, -0.2) is 0 Å². The highest BCUT2D eigenvalue weighted by molar-refractivity contribution is 5.40. The first-order valence-electron chi connectivity index (χ1n) is 7.64. The molecule has 1 aliphatic heterocycles. The number of hydrogen-bond acceptors (Lipinski definition) is 4. The van der Waals surface area contributed by atoms with E-state index in [1.807, 2.05) is 6.92 Å². The van der Waals surface area contributed by atoms with Crippen molar-refractivity contribution in [1.29, 1.82) is 0 Å². The minimum atomic E-state index is 0.0944. The molecule has 1 heterocycles. The lowest BCUT2D eigenvalue weighted by atomic mass is 10.1. The van der Waals surface area contributed by atoms with Crippen molar-refractivity contribution < 1.29 is 10.2 Å². The number of hydrogen-bond donors (Lipinski definition) is 3. The van der Waals surface area contributed by atoms with Crippen LogP contribution in [0, 0.1) is 0 Å². The molecule has 20 heavy (non-hydrogen) atoms. The molecule has 1 aromatic carbocycles. The van der Waals surface area contributed by atoms with Crippen LogP contribution in [0.4, 0.5) is 0 Å². The molecule has 2 rings (SSSR count). The Bertz CT molecular complexity index is 417. The molecule has 1 saturated heterocycles. The fraction of sp³-hybridized carbons (Fsp3) is 0.625. The zero-order chi connectivity index (χ0) is 14.4. The predicted molar refractivity (Wildman–Crippen MR) is 81.1 cm³/mol. The molecule has 0 aliphatic carbocycles. The molecule has 0 bridgehead atoms. The Labute approximate surface area is 121 Å². The smallest absolute Gasteiger partial charge is 0.124 e. The molecule has 4 heteroatoms. The minimum Gasteiger partial charge on any atom is -0.508 e. The van der Waals surface area contributed by atoms with Crippen molar-refractivity contribution >= 4 is 0 Å². The molecule has 4 nitrogen and oxygen atoms in total. The van der Waals surface area contributed by atoms with Crippen molar-refractivity contribution in [3.05, 3.63) is 23.8 Å². The Hall–Kier alpha value is -1.26. The Morgan fingerprint density at radius 3 is 2.65 bits per heavy atom. The molecular formula is C16H26N2O2. The van der Waals surface area contributed by atoms with Crippen LogP contribution < -0.4 is 5.32 Å². The molecule has 3 N–H and O–H groups in total. The van der Waals surface area contributed by atoms with E-state index in [1.54, 1.807) is 12.1 Å². The highest BCUT2D eigenvalue weighted by Crippen LogP contribution is 2.27. The van der Waals surface area contributed by atoms with Gasteiger partial charge < -0.3 is 20.4 Å². The van der Waals surface area contributed by atoms with Crippen LogP contribution >= 0.6 is 0 Å². The summed E-state index contributed by atoms with van der Waals surface area (Å²) in [7, 11) is 0. The molecule has 0 radical (unpaired) electrons. The third-order valence-electron chi connectivity index (χ3n) is 4.03. The van der Waals surface area contributed by atoms with Crippen LogP contribution in [-0.2, 0) is 0 Å². The first-order chi connectivity index (χ1) is 9.66. The van der Waals surface area contributed by atoms with Gasteiger partial charge in [-0.1, -0.05) is 12.5 Å². The summed E-state index contributed by atoms with van der Waals surface area (Å²) in [6.07, 6.45) is 5.19. The Morgan fingerprint density at radius 2 is 1.95 bits per heavy atom. The van der Waals surface area contributed by atoms with Crippen LogP contribution in [0.5, 0.6) is 11.5 Å². The summed E-state index contributed by atoms with van der Waals surface area (Å²) in [5.74, 6) is 0.254. The second-order valence-corrected chi connectivity index (χ2v) is 5.67. The summed E-state index contributed by atoms with van der Waals surface area (Å²) in [6, 6.07) is 4.87. The monoisotopic (exact) mass is 278 g/mol. The lowest BCUT2D eigenvalue weighted by molar-refractivity contribution is 0.225. The van der Waals surface area contributed by atoms with E-state index in [2.05, 4.69) is 10.2 Å². The second-order valence-electron chi connectivity index (χ2n) is 5.67. The number of nitrogens with one attached hydrogen (secondary N) is 1. The van der Waals surface area contributed by atoms with Crippen LogP contribution in [0.1, 0.15) is 44.2 Å². The zero-order valence-electron chi connectivity index (χ0n) is 12.3. The van der Waals surface area contributed by atoms with Gasteiger partial charge in [-0.2, -0.15) is 0 Å². The number of phenolic OH excluding ortho intramolecular Hbond substituents is 2. The van der Waals surface area contributed by atoms with Gasteiger partial charge in [0.2, 0.25) is 0 Å². The van der Waals surface area contributed by atoms with E-state index >= 15 is 0 Å². The van der Waals surface area contributed by atoms with Gasteiger partial charge in [0.1, 0.15) is 11.5 Å². The van der Waals surface area contributed by atoms with Crippen LogP contribution in [0.25, 0.3) is 0 Å². The highest BCUT2D eigenvalue weighted by atomic mass is 16.3. The molecule has 0 saturated carbocycles. The molecule has 1 atom stereocenters. The van der Waals surface area contributed by atoms with Gasteiger partial charge in [-0.05, 0) is 58.4 Å². The summed E-state index contributed by atoms with van der Waals surface area (Å²) in [6.45, 7) is 6.62. The van der Waals surface area contributed by atoms with Crippen LogP contribution in [0.2, 0.25) is 0 Å². The largest absolute Gasteiger partial charge is 0.508 e. The number of piperidine rings is 1. The highest BCUT2D eigenvalue weighted by Gasteiger charge is 2.11. The topological polar surface area (TPSA) is 55.7 Å². The molecule has 1 aromatic rings. The average Bonchev–Trinajstić information content (AvgIpc) is 2.44. The molecule has 1 fully saturated rings. The molecule has 1 unspecified atom stereocenters. The zero-order valence-corrected chi connectivity index (χ0v) is 12.3. The Morgan fingerprint density at radius 1 is 1.20 bits per heavy atom. The van der Waals surface area contributed by atoms with E-state index in [0.717, 1.165) is 25.1 Å². The number of nitrogens with zero attached hydrogens (tertiary/aromatic N) is 1. The first-order valence-corrected chi connectivity index (χ1v) is 7.64. The van der Waals surface area contributed by atoms with Crippen molar-refractivity contribution in [1.82, 2.24) is 10.2 Å². The molecule has 112 valence electrons. The van der Waals surface area contributed by atoms with Crippen molar-refractivity contribution in [2.75, 3.05) is 26.2 Å². The van der Waals surface area contributed by atoms with E-state index in [4.69, 9.17) is 0 Å². The molecule has 0 aromatic heterocycles. The quantitative estimate of drug-likeness (QED) is 0.700. The number of rotatable bonds is 6. The maximum absolute atomic E-state index is 9.81. The fourth-order valence-corrected chi connectivity index (χ4v) is 2.81. The van der Waals surface area contributed by atoms with Crippen molar-refractivity contribution in [2.45, 2.75) is 38.6 Å². The van der Waals surface area contributed by atoms with Crippen molar-refractivity contribution in [2.24, 2.45) is 0 Å². The van der Waals surface area contributed by atoms with Crippen LogP contribution in [-0.4, -0.2) is 41.3 Å². The van der Waals surface area contributed by atoms with Gasteiger partial charge >= 0.3 is 0 Å². The number of aromatic hydroxyl groups is 2. The summed E-state index contributed by atoms with van der Waals surface area (Å²) < 4.78 is 0. The standard InChI is InChI=1S/C16H26N2O2/c1-13(15-7-6-14(19)12-16(15)20)17-8-5-11-18-9-3-2-4-10-18/h6-7,12-13,17,19-20H,2-5,8-11H2,1H3. The van der Waals surface area contributed by atoms with E-state index in [1.165, 1.54) is 38.4 Å². The Balaban J connectivity index is 1.70.